The summed E-state index contributed by atoms with van der Waals surface area (Å²) in [7, 11) is 0. The summed E-state index contributed by atoms with van der Waals surface area (Å²) in [6, 6.07) is 0. The van der Waals surface area contributed by atoms with Crippen LogP contribution in [0, 0.1) is 5.92 Å². The molecule has 0 saturated carbocycles. The van der Waals surface area contributed by atoms with Crippen LogP contribution in [0.25, 0.3) is 0 Å². The number of likely N-dealkylation sites (tertiary alicyclic amines) is 1. The molecule has 1 amide bonds. The van der Waals surface area contributed by atoms with E-state index in [0.717, 1.165) is 51.7 Å². The Balaban J connectivity index is 2.13. The summed E-state index contributed by atoms with van der Waals surface area (Å²) in [4.78, 5) is 13.7. The fourth-order valence-corrected chi connectivity index (χ4v) is 2.40. The first-order chi connectivity index (χ1) is 8.27. The van der Waals surface area contributed by atoms with Gasteiger partial charge in [0.05, 0.1) is 6.54 Å². The number of carbonyl (C=O) groups is 1. The van der Waals surface area contributed by atoms with Crippen molar-refractivity contribution in [1.82, 2.24) is 10.2 Å². The Kier molecular flexibility index (Phi) is 7.21. The molecular formula is C13H26N2O2. The molecule has 0 aromatic carbocycles. The zero-order valence-electron chi connectivity index (χ0n) is 11.0. The zero-order valence-corrected chi connectivity index (χ0v) is 11.0. The van der Waals surface area contributed by atoms with Crippen molar-refractivity contribution in [3.05, 3.63) is 0 Å². The molecule has 1 aliphatic rings. The summed E-state index contributed by atoms with van der Waals surface area (Å²) in [6.45, 7) is 5.54. The quantitative estimate of drug-likeness (QED) is 0.667. The van der Waals surface area contributed by atoms with Crippen LogP contribution in [0.15, 0.2) is 0 Å². The van der Waals surface area contributed by atoms with E-state index in [4.69, 9.17) is 5.11 Å². The molecule has 4 nitrogen and oxygen atoms in total. The SMILES string of the molecule is CCCC(CCO)CNCC(=O)N1CCCC1. The third-order valence-corrected chi connectivity index (χ3v) is 3.40. The summed E-state index contributed by atoms with van der Waals surface area (Å²) < 4.78 is 0. The third kappa shape index (κ3) is 5.50. The maximum atomic E-state index is 11.8. The van der Waals surface area contributed by atoms with Gasteiger partial charge in [-0.15, -0.1) is 0 Å². The van der Waals surface area contributed by atoms with Gasteiger partial charge in [0, 0.05) is 19.7 Å². The first-order valence-corrected chi connectivity index (χ1v) is 6.87. The maximum absolute atomic E-state index is 11.8. The molecule has 0 aliphatic carbocycles. The molecule has 100 valence electrons. The fourth-order valence-electron chi connectivity index (χ4n) is 2.40. The molecule has 1 aliphatic heterocycles. The van der Waals surface area contributed by atoms with Gasteiger partial charge in [-0.05, 0) is 38.1 Å². The van der Waals surface area contributed by atoms with Crippen molar-refractivity contribution in [3.63, 3.8) is 0 Å². The fraction of sp³-hybridized carbons (Fsp3) is 0.923. The predicted molar refractivity (Wildman–Crippen MR) is 68.8 cm³/mol. The van der Waals surface area contributed by atoms with Gasteiger partial charge in [0.1, 0.15) is 0 Å². The molecule has 1 fully saturated rings. The largest absolute Gasteiger partial charge is 0.396 e. The summed E-state index contributed by atoms with van der Waals surface area (Å²) in [6.07, 6.45) is 5.38. The average molecular weight is 242 g/mol. The number of nitrogens with one attached hydrogen (secondary N) is 1. The van der Waals surface area contributed by atoms with Gasteiger partial charge in [0.2, 0.25) is 5.91 Å². The molecule has 0 aromatic heterocycles. The summed E-state index contributed by atoms with van der Waals surface area (Å²) in [5, 5.41) is 12.2. The minimum absolute atomic E-state index is 0.224. The van der Waals surface area contributed by atoms with Gasteiger partial charge in [-0.3, -0.25) is 4.79 Å². The molecule has 1 saturated heterocycles. The topological polar surface area (TPSA) is 52.6 Å². The molecule has 1 atom stereocenters. The van der Waals surface area contributed by atoms with Crippen LogP contribution in [0.5, 0.6) is 0 Å². The lowest BCUT2D eigenvalue weighted by atomic mass is 10.0. The second-order valence-corrected chi connectivity index (χ2v) is 4.89. The van der Waals surface area contributed by atoms with E-state index in [0.29, 0.717) is 12.5 Å². The number of aliphatic hydroxyl groups excluding tert-OH is 1. The zero-order chi connectivity index (χ0) is 12.5. The van der Waals surface area contributed by atoms with Crippen molar-refractivity contribution >= 4 is 5.91 Å². The van der Waals surface area contributed by atoms with E-state index in [-0.39, 0.29) is 12.5 Å². The highest BCUT2D eigenvalue weighted by Crippen LogP contribution is 2.10. The highest BCUT2D eigenvalue weighted by Gasteiger charge is 2.17. The van der Waals surface area contributed by atoms with E-state index in [1.807, 2.05) is 4.90 Å². The number of carbonyl (C=O) groups excluding carboxylic acids is 1. The molecular weight excluding hydrogens is 216 g/mol. The van der Waals surface area contributed by atoms with Crippen LogP contribution in [-0.4, -0.2) is 48.7 Å². The normalized spacial score (nSPS) is 17.4. The third-order valence-electron chi connectivity index (χ3n) is 3.40. The van der Waals surface area contributed by atoms with Crippen LogP contribution in [-0.2, 0) is 4.79 Å². The summed E-state index contributed by atoms with van der Waals surface area (Å²) in [5.41, 5.74) is 0. The van der Waals surface area contributed by atoms with Crippen molar-refractivity contribution in [1.29, 1.82) is 0 Å². The Morgan fingerprint density at radius 3 is 2.65 bits per heavy atom. The van der Waals surface area contributed by atoms with Gasteiger partial charge in [0.15, 0.2) is 0 Å². The van der Waals surface area contributed by atoms with Crippen molar-refractivity contribution in [2.45, 2.75) is 39.0 Å². The Hall–Kier alpha value is -0.610. The van der Waals surface area contributed by atoms with Gasteiger partial charge in [-0.1, -0.05) is 13.3 Å². The van der Waals surface area contributed by atoms with Crippen molar-refractivity contribution in [2.24, 2.45) is 5.92 Å². The van der Waals surface area contributed by atoms with E-state index in [9.17, 15) is 4.79 Å². The average Bonchev–Trinajstić information content (AvgIpc) is 2.83. The van der Waals surface area contributed by atoms with Gasteiger partial charge in [-0.2, -0.15) is 0 Å². The van der Waals surface area contributed by atoms with Gasteiger partial charge < -0.3 is 15.3 Å². The summed E-state index contributed by atoms with van der Waals surface area (Å²) >= 11 is 0. The van der Waals surface area contributed by atoms with Gasteiger partial charge in [-0.25, -0.2) is 0 Å². The smallest absolute Gasteiger partial charge is 0.236 e. The lowest BCUT2D eigenvalue weighted by Crippen LogP contribution is -2.38. The minimum atomic E-state index is 0.224. The Labute approximate surface area is 104 Å². The van der Waals surface area contributed by atoms with E-state index in [2.05, 4.69) is 12.2 Å². The molecule has 1 rings (SSSR count). The van der Waals surface area contributed by atoms with Gasteiger partial charge >= 0.3 is 0 Å². The minimum Gasteiger partial charge on any atom is -0.396 e. The molecule has 1 unspecified atom stereocenters. The van der Waals surface area contributed by atoms with E-state index < -0.39 is 0 Å². The highest BCUT2D eigenvalue weighted by molar-refractivity contribution is 5.78. The van der Waals surface area contributed by atoms with Crippen LogP contribution in [0.4, 0.5) is 0 Å². The van der Waals surface area contributed by atoms with E-state index >= 15 is 0 Å². The van der Waals surface area contributed by atoms with Crippen LogP contribution in [0.3, 0.4) is 0 Å². The van der Waals surface area contributed by atoms with E-state index in [1.165, 1.54) is 0 Å². The molecule has 0 aromatic rings. The Morgan fingerprint density at radius 2 is 2.06 bits per heavy atom. The molecule has 0 spiro atoms. The molecule has 17 heavy (non-hydrogen) atoms. The highest BCUT2D eigenvalue weighted by atomic mass is 16.3. The van der Waals surface area contributed by atoms with Crippen molar-refractivity contribution in [3.8, 4) is 0 Å². The molecule has 0 radical (unpaired) electrons. The first kappa shape index (κ1) is 14.5. The number of aliphatic hydroxyl groups is 1. The summed E-state index contributed by atoms with van der Waals surface area (Å²) in [5.74, 6) is 0.720. The first-order valence-electron chi connectivity index (χ1n) is 6.87. The number of rotatable bonds is 8. The number of nitrogens with zero attached hydrogens (tertiary/aromatic N) is 1. The van der Waals surface area contributed by atoms with Crippen LogP contribution < -0.4 is 5.32 Å². The van der Waals surface area contributed by atoms with Crippen molar-refractivity contribution in [2.75, 3.05) is 32.8 Å². The molecule has 1 heterocycles. The maximum Gasteiger partial charge on any atom is 0.236 e. The second-order valence-electron chi connectivity index (χ2n) is 4.89. The van der Waals surface area contributed by atoms with Crippen molar-refractivity contribution < 1.29 is 9.90 Å². The number of hydrogen-bond donors (Lipinski definition) is 2. The van der Waals surface area contributed by atoms with Crippen LogP contribution in [0.2, 0.25) is 0 Å². The standard InChI is InChI=1S/C13H26N2O2/c1-2-5-12(6-9-16)10-14-11-13(17)15-7-3-4-8-15/h12,14,16H,2-11H2,1H3. The number of amides is 1. The van der Waals surface area contributed by atoms with E-state index in [1.54, 1.807) is 0 Å². The van der Waals surface area contributed by atoms with Crippen LogP contribution in [0.1, 0.15) is 39.0 Å². The van der Waals surface area contributed by atoms with Gasteiger partial charge in [0.25, 0.3) is 0 Å². The van der Waals surface area contributed by atoms with Crippen LogP contribution >= 0.6 is 0 Å². The lowest BCUT2D eigenvalue weighted by molar-refractivity contribution is -0.129. The lowest BCUT2D eigenvalue weighted by Gasteiger charge is -2.18. The number of hydrogen-bond acceptors (Lipinski definition) is 3. The monoisotopic (exact) mass is 242 g/mol. The molecule has 2 N–H and O–H groups in total. The molecule has 4 heteroatoms. The Morgan fingerprint density at radius 1 is 1.35 bits per heavy atom. The second kappa shape index (κ2) is 8.48. The predicted octanol–water partition coefficient (Wildman–Crippen LogP) is 0.997. The molecule has 0 bridgehead atoms. The Bertz CT molecular complexity index is 209.